The van der Waals surface area contributed by atoms with Crippen LogP contribution in [0.1, 0.15) is 9.67 Å². The molecular formula is C18H11Cl2FN2O6S. The van der Waals surface area contributed by atoms with E-state index in [0.717, 1.165) is 23.5 Å². The molecule has 0 saturated heterocycles. The van der Waals surface area contributed by atoms with Gasteiger partial charge < -0.3 is 14.8 Å². The molecular weight excluding hydrogens is 462 g/mol. The summed E-state index contributed by atoms with van der Waals surface area (Å²) in [7, 11) is 1.45. The minimum Gasteiger partial charge on any atom is -0.495 e. The van der Waals surface area contributed by atoms with Gasteiger partial charge in [-0.1, -0.05) is 23.2 Å². The van der Waals surface area contributed by atoms with Gasteiger partial charge in [0, 0.05) is 5.39 Å². The summed E-state index contributed by atoms with van der Waals surface area (Å²) >= 11 is 13.4. The molecule has 30 heavy (non-hydrogen) atoms. The number of fused-ring (bicyclic) bond motifs is 1. The molecule has 0 bridgehead atoms. The van der Waals surface area contributed by atoms with E-state index in [2.05, 4.69) is 5.32 Å². The molecule has 2 aromatic carbocycles. The number of methoxy groups -OCH3 is 1. The molecule has 0 aliphatic carbocycles. The second kappa shape index (κ2) is 8.82. The number of hydrogen-bond acceptors (Lipinski definition) is 7. The molecule has 3 rings (SSSR count). The zero-order chi connectivity index (χ0) is 22.0. The standard InChI is InChI=1S/C18H11Cl2FN2O6S/c1-28-12-5-3-9-14(19)17(30-16(9)15(12)20)18(25)29-7-13(24)22-10-4-2-8(21)6-11(10)23(26)27/h2-6H,7H2,1H3,(H,22,24). The van der Waals surface area contributed by atoms with Gasteiger partial charge in [-0.3, -0.25) is 14.9 Å². The smallest absolute Gasteiger partial charge is 0.350 e. The zero-order valence-electron chi connectivity index (χ0n) is 15.0. The number of nitrogens with zero attached hydrogens (tertiary/aromatic N) is 1. The Hall–Kier alpha value is -2.95. The van der Waals surface area contributed by atoms with Crippen molar-refractivity contribution in [3.8, 4) is 5.75 Å². The van der Waals surface area contributed by atoms with E-state index in [-0.39, 0.29) is 20.6 Å². The van der Waals surface area contributed by atoms with E-state index in [4.69, 9.17) is 32.7 Å². The molecule has 156 valence electrons. The van der Waals surface area contributed by atoms with Crippen molar-refractivity contribution in [2.24, 2.45) is 0 Å². The van der Waals surface area contributed by atoms with Crippen molar-refractivity contribution in [3.63, 3.8) is 0 Å². The predicted molar refractivity (Wildman–Crippen MR) is 110 cm³/mol. The number of rotatable bonds is 6. The Morgan fingerprint density at radius 3 is 2.63 bits per heavy atom. The summed E-state index contributed by atoms with van der Waals surface area (Å²) < 4.78 is 23.8. The number of amides is 1. The molecule has 3 aromatic rings. The van der Waals surface area contributed by atoms with Crippen LogP contribution in [0.3, 0.4) is 0 Å². The second-order valence-corrected chi connectivity index (χ2v) is 7.52. The van der Waals surface area contributed by atoms with Crippen molar-refractivity contribution >= 4 is 67.9 Å². The summed E-state index contributed by atoms with van der Waals surface area (Å²) in [6, 6.07) is 5.88. The Kier molecular flexibility index (Phi) is 6.40. The summed E-state index contributed by atoms with van der Waals surface area (Å²) in [5.74, 6) is -2.15. The maximum absolute atomic E-state index is 13.2. The molecule has 8 nitrogen and oxygen atoms in total. The number of nitro groups is 1. The van der Waals surface area contributed by atoms with Crippen LogP contribution in [0.5, 0.6) is 5.75 Å². The van der Waals surface area contributed by atoms with Gasteiger partial charge in [0.2, 0.25) is 0 Å². The van der Waals surface area contributed by atoms with Crippen LogP contribution in [0.15, 0.2) is 30.3 Å². The molecule has 1 heterocycles. The lowest BCUT2D eigenvalue weighted by molar-refractivity contribution is -0.384. The maximum Gasteiger partial charge on any atom is 0.350 e. The second-order valence-electron chi connectivity index (χ2n) is 5.75. The first-order chi connectivity index (χ1) is 14.2. The lowest BCUT2D eigenvalue weighted by Crippen LogP contribution is -2.21. The van der Waals surface area contributed by atoms with Crippen molar-refractivity contribution in [3.05, 3.63) is 61.2 Å². The molecule has 1 aromatic heterocycles. The highest BCUT2D eigenvalue weighted by molar-refractivity contribution is 7.22. The average molecular weight is 473 g/mol. The predicted octanol–water partition coefficient (Wildman–Crippen LogP) is 5.06. The maximum atomic E-state index is 13.2. The van der Waals surface area contributed by atoms with Crippen molar-refractivity contribution in [1.29, 1.82) is 0 Å². The fraction of sp³-hybridized carbons (Fsp3) is 0.111. The highest BCUT2D eigenvalue weighted by atomic mass is 35.5. The molecule has 0 radical (unpaired) electrons. The van der Waals surface area contributed by atoms with Crippen molar-refractivity contribution in [1.82, 2.24) is 0 Å². The van der Waals surface area contributed by atoms with Crippen LogP contribution in [-0.4, -0.2) is 30.5 Å². The van der Waals surface area contributed by atoms with Crippen LogP contribution in [0.4, 0.5) is 15.8 Å². The van der Waals surface area contributed by atoms with Crippen molar-refractivity contribution in [2.45, 2.75) is 0 Å². The molecule has 12 heteroatoms. The lowest BCUT2D eigenvalue weighted by Gasteiger charge is -2.07. The summed E-state index contributed by atoms with van der Waals surface area (Å²) in [6.07, 6.45) is 0. The van der Waals surface area contributed by atoms with Gasteiger partial charge in [-0.05, 0) is 24.3 Å². The number of ether oxygens (including phenoxy) is 2. The number of carbonyl (C=O) groups is 2. The Morgan fingerprint density at radius 2 is 1.97 bits per heavy atom. The number of thiophene rings is 1. The van der Waals surface area contributed by atoms with Gasteiger partial charge in [-0.15, -0.1) is 11.3 Å². The summed E-state index contributed by atoms with van der Waals surface area (Å²) in [5, 5.41) is 14.1. The molecule has 0 unspecified atom stereocenters. The van der Waals surface area contributed by atoms with Gasteiger partial charge in [0.15, 0.2) is 6.61 Å². The van der Waals surface area contributed by atoms with Crippen LogP contribution < -0.4 is 10.1 Å². The molecule has 0 spiro atoms. The van der Waals surface area contributed by atoms with E-state index in [1.54, 1.807) is 12.1 Å². The van der Waals surface area contributed by atoms with E-state index >= 15 is 0 Å². The van der Waals surface area contributed by atoms with Crippen LogP contribution in [0.2, 0.25) is 10.0 Å². The number of nitrogens with one attached hydrogen (secondary N) is 1. The fourth-order valence-electron chi connectivity index (χ4n) is 2.51. The van der Waals surface area contributed by atoms with Gasteiger partial charge in [-0.25, -0.2) is 9.18 Å². The Balaban J connectivity index is 1.73. The van der Waals surface area contributed by atoms with Crippen molar-refractivity contribution in [2.75, 3.05) is 19.0 Å². The zero-order valence-corrected chi connectivity index (χ0v) is 17.4. The summed E-state index contributed by atoms with van der Waals surface area (Å²) in [4.78, 5) is 34.6. The number of halogens is 3. The molecule has 1 amide bonds. The minimum absolute atomic E-state index is 0.0300. The largest absolute Gasteiger partial charge is 0.495 e. The molecule has 1 N–H and O–H groups in total. The molecule has 0 saturated carbocycles. The van der Waals surface area contributed by atoms with E-state index in [9.17, 15) is 24.1 Å². The quantitative estimate of drug-likeness (QED) is 0.305. The Labute approximate surface area is 182 Å². The third-order valence-electron chi connectivity index (χ3n) is 3.87. The first kappa shape index (κ1) is 21.8. The molecule has 0 aliphatic heterocycles. The lowest BCUT2D eigenvalue weighted by atomic mass is 10.2. The van der Waals surface area contributed by atoms with E-state index in [1.807, 2.05) is 0 Å². The third kappa shape index (κ3) is 4.30. The first-order valence-corrected chi connectivity index (χ1v) is 9.65. The van der Waals surface area contributed by atoms with Gasteiger partial charge in [-0.2, -0.15) is 0 Å². The van der Waals surface area contributed by atoms with Crippen LogP contribution in [0, 0.1) is 15.9 Å². The first-order valence-electron chi connectivity index (χ1n) is 8.08. The van der Waals surface area contributed by atoms with E-state index in [1.165, 1.54) is 7.11 Å². The Morgan fingerprint density at radius 1 is 1.23 bits per heavy atom. The summed E-state index contributed by atoms with van der Waals surface area (Å²) in [6.45, 7) is -0.741. The number of esters is 1. The monoisotopic (exact) mass is 472 g/mol. The number of carbonyl (C=O) groups excluding carboxylic acids is 2. The highest BCUT2D eigenvalue weighted by Gasteiger charge is 2.23. The van der Waals surface area contributed by atoms with Crippen LogP contribution >= 0.6 is 34.5 Å². The average Bonchev–Trinajstić information content (AvgIpc) is 3.05. The molecule has 0 fully saturated rings. The van der Waals surface area contributed by atoms with E-state index in [0.29, 0.717) is 21.9 Å². The van der Waals surface area contributed by atoms with Gasteiger partial charge in [0.05, 0.1) is 27.8 Å². The number of anilines is 1. The normalized spacial score (nSPS) is 10.7. The van der Waals surface area contributed by atoms with Crippen molar-refractivity contribution < 1.29 is 28.4 Å². The number of nitro benzene ring substituents is 1. The molecule has 0 aliphatic rings. The topological polar surface area (TPSA) is 108 Å². The number of benzene rings is 2. The number of hydrogen-bond donors (Lipinski definition) is 1. The minimum atomic E-state index is -0.875. The fourth-order valence-corrected chi connectivity index (χ4v) is 4.29. The van der Waals surface area contributed by atoms with Crippen LogP contribution in [0.25, 0.3) is 10.1 Å². The third-order valence-corrected chi connectivity index (χ3v) is 6.07. The van der Waals surface area contributed by atoms with Gasteiger partial charge in [0.1, 0.15) is 27.2 Å². The molecule has 0 atom stereocenters. The highest BCUT2D eigenvalue weighted by Crippen LogP contribution is 2.43. The van der Waals surface area contributed by atoms with Crippen LogP contribution in [-0.2, 0) is 9.53 Å². The van der Waals surface area contributed by atoms with E-state index < -0.39 is 34.9 Å². The Bertz CT molecular complexity index is 1180. The SMILES string of the molecule is COc1ccc2c(Cl)c(C(=O)OCC(=O)Nc3ccc(F)cc3[N+](=O)[O-])sc2c1Cl. The van der Waals surface area contributed by atoms with Gasteiger partial charge in [0.25, 0.3) is 11.6 Å². The summed E-state index contributed by atoms with van der Waals surface area (Å²) in [5.41, 5.74) is -0.868. The van der Waals surface area contributed by atoms with Gasteiger partial charge >= 0.3 is 5.97 Å².